The molecule has 2 aromatic rings. The van der Waals surface area contributed by atoms with E-state index < -0.39 is 0 Å². The lowest BCUT2D eigenvalue weighted by atomic mass is 9.90. The van der Waals surface area contributed by atoms with Gasteiger partial charge in [0.15, 0.2) is 0 Å². The monoisotopic (exact) mass is 450 g/mol. The molecule has 5 rings (SSSR count). The van der Waals surface area contributed by atoms with Crippen molar-refractivity contribution in [1.29, 1.82) is 0 Å². The summed E-state index contributed by atoms with van der Waals surface area (Å²) in [5, 5.41) is 0. The number of aromatic nitrogens is 1. The molecule has 3 fully saturated rings. The molecule has 0 bridgehead atoms. The fraction of sp³-hybridized carbons (Fsp3) is 0.480. The summed E-state index contributed by atoms with van der Waals surface area (Å²) in [5.74, 6) is 0.586. The second kappa shape index (κ2) is 9.16. The lowest BCUT2D eigenvalue weighted by Gasteiger charge is -2.36. The van der Waals surface area contributed by atoms with E-state index in [1.54, 1.807) is 11.7 Å². The average Bonchev–Trinajstić information content (AvgIpc) is 3.26. The van der Waals surface area contributed by atoms with Gasteiger partial charge < -0.3 is 9.80 Å². The second-order valence-corrected chi connectivity index (χ2v) is 10.1. The Morgan fingerprint density at radius 1 is 1.03 bits per heavy atom. The number of thiazole rings is 1. The molecule has 32 heavy (non-hydrogen) atoms. The molecule has 1 aliphatic carbocycles. The lowest BCUT2D eigenvalue weighted by Crippen LogP contribution is -2.49. The number of carbonyl (C=O) groups is 2. The van der Waals surface area contributed by atoms with E-state index in [-0.39, 0.29) is 17.2 Å². The number of hydrogen-bond donors (Lipinski definition) is 0. The largest absolute Gasteiger partial charge is 0.340 e. The maximum Gasteiger partial charge on any atom is 0.265 e. The number of piperidine rings is 1. The molecule has 1 saturated carbocycles. The number of amides is 2. The number of benzene rings is 1. The van der Waals surface area contributed by atoms with Crippen LogP contribution in [0.5, 0.6) is 0 Å². The van der Waals surface area contributed by atoms with Gasteiger partial charge in [-0.3, -0.25) is 19.5 Å². The second-order valence-electron chi connectivity index (χ2n) is 9.22. The Kier molecular flexibility index (Phi) is 6.11. The first-order valence-electron chi connectivity index (χ1n) is 11.6. The molecule has 2 saturated heterocycles. The molecule has 0 unspecified atom stereocenters. The molecule has 1 atom stereocenters. The summed E-state index contributed by atoms with van der Waals surface area (Å²) in [7, 11) is 0. The number of nitrogens with zero attached hydrogens (tertiary/aromatic N) is 4. The van der Waals surface area contributed by atoms with Gasteiger partial charge in [-0.25, -0.2) is 0 Å². The molecule has 3 aliphatic rings. The minimum atomic E-state index is 0.0864. The molecular formula is C25H30N4O2S. The molecular weight excluding hydrogens is 420 g/mol. The third kappa shape index (κ3) is 4.50. The summed E-state index contributed by atoms with van der Waals surface area (Å²) in [6.45, 7) is 5.93. The predicted octanol–water partition coefficient (Wildman–Crippen LogP) is 3.24. The van der Waals surface area contributed by atoms with Crippen molar-refractivity contribution in [2.45, 2.75) is 19.3 Å². The first kappa shape index (κ1) is 21.3. The lowest BCUT2D eigenvalue weighted by molar-refractivity contribution is -0.135. The fourth-order valence-electron chi connectivity index (χ4n) is 5.16. The maximum atomic E-state index is 13.1. The minimum absolute atomic E-state index is 0.0864. The Balaban J connectivity index is 1.06. The summed E-state index contributed by atoms with van der Waals surface area (Å²) >= 11 is 1.40. The highest BCUT2D eigenvalue weighted by Crippen LogP contribution is 2.60. The molecule has 0 N–H and O–H groups in total. The molecule has 6 nitrogen and oxygen atoms in total. The zero-order valence-electron chi connectivity index (χ0n) is 18.4. The summed E-state index contributed by atoms with van der Waals surface area (Å²) in [5.41, 5.74) is 3.06. The van der Waals surface area contributed by atoms with Crippen LogP contribution in [-0.4, -0.2) is 77.3 Å². The number of hydrogen-bond acceptors (Lipinski definition) is 5. The molecule has 7 heteroatoms. The van der Waals surface area contributed by atoms with Gasteiger partial charge >= 0.3 is 0 Å². The molecule has 3 heterocycles. The van der Waals surface area contributed by atoms with Crippen LogP contribution in [0.3, 0.4) is 0 Å². The van der Waals surface area contributed by atoms with Crippen molar-refractivity contribution in [1.82, 2.24) is 19.7 Å². The summed E-state index contributed by atoms with van der Waals surface area (Å²) < 4.78 is 0. The van der Waals surface area contributed by atoms with E-state index in [1.165, 1.54) is 16.9 Å². The van der Waals surface area contributed by atoms with E-state index in [1.807, 2.05) is 11.0 Å². The maximum absolute atomic E-state index is 13.1. The summed E-state index contributed by atoms with van der Waals surface area (Å²) in [4.78, 5) is 36.8. The third-order valence-corrected chi connectivity index (χ3v) is 8.10. The smallest absolute Gasteiger partial charge is 0.265 e. The van der Waals surface area contributed by atoms with Crippen LogP contribution in [0.1, 0.15) is 34.5 Å². The first-order valence-corrected chi connectivity index (χ1v) is 12.4. The third-order valence-electron chi connectivity index (χ3n) is 7.33. The zero-order chi connectivity index (χ0) is 22.0. The van der Waals surface area contributed by atoms with Crippen LogP contribution in [0.4, 0.5) is 0 Å². The van der Waals surface area contributed by atoms with Crippen molar-refractivity contribution < 1.29 is 9.59 Å². The van der Waals surface area contributed by atoms with Gasteiger partial charge in [0.1, 0.15) is 4.88 Å². The standard InChI is InChI=1S/C25H30N4O2S/c30-23(29-15-13-27(14-16-29)10-4-7-20-5-2-1-3-6-20)21-17-25(21)8-11-28(12-9-25)24(31)22-18-26-19-32-22/h1-7,18-19,21H,8-17H2/b7-4+/t21-/m0/s1. The highest BCUT2D eigenvalue weighted by molar-refractivity contribution is 7.11. The molecule has 2 aliphatic heterocycles. The van der Waals surface area contributed by atoms with E-state index in [2.05, 4.69) is 51.2 Å². The number of likely N-dealkylation sites (tertiary alicyclic amines) is 1. The molecule has 1 aromatic carbocycles. The molecule has 168 valence electrons. The van der Waals surface area contributed by atoms with Crippen LogP contribution in [0.15, 0.2) is 48.1 Å². The first-order chi connectivity index (χ1) is 15.6. The highest BCUT2D eigenvalue weighted by atomic mass is 32.1. The molecule has 1 spiro atoms. The van der Waals surface area contributed by atoms with Gasteiger partial charge in [0.05, 0.1) is 11.7 Å². The molecule has 0 radical (unpaired) electrons. The predicted molar refractivity (Wildman–Crippen MR) is 126 cm³/mol. The van der Waals surface area contributed by atoms with Crippen molar-refractivity contribution in [3.8, 4) is 0 Å². The van der Waals surface area contributed by atoms with Crippen molar-refractivity contribution in [3.63, 3.8) is 0 Å². The van der Waals surface area contributed by atoms with Gasteiger partial charge in [0.25, 0.3) is 5.91 Å². The fourth-order valence-corrected chi connectivity index (χ4v) is 5.74. The number of carbonyl (C=O) groups excluding carboxylic acids is 2. The summed E-state index contributed by atoms with van der Waals surface area (Å²) in [6, 6.07) is 10.4. The van der Waals surface area contributed by atoms with Crippen molar-refractivity contribution >= 4 is 29.2 Å². The van der Waals surface area contributed by atoms with E-state index in [9.17, 15) is 9.59 Å². The van der Waals surface area contributed by atoms with Gasteiger partial charge in [-0.05, 0) is 30.2 Å². The Hall–Kier alpha value is -2.51. The van der Waals surface area contributed by atoms with Gasteiger partial charge in [-0.2, -0.15) is 0 Å². The highest BCUT2D eigenvalue weighted by Gasteiger charge is 2.59. The minimum Gasteiger partial charge on any atom is -0.340 e. The number of rotatable bonds is 5. The SMILES string of the molecule is O=C(c1cncs1)N1CCC2(CC1)C[C@H]2C(=O)N1CCN(C/C=C/c2ccccc2)CC1. The molecule has 2 amide bonds. The van der Waals surface area contributed by atoms with E-state index in [4.69, 9.17) is 0 Å². The average molecular weight is 451 g/mol. The van der Waals surface area contributed by atoms with Crippen LogP contribution in [0.2, 0.25) is 0 Å². The topological polar surface area (TPSA) is 56.8 Å². The van der Waals surface area contributed by atoms with Crippen molar-refractivity contribution in [2.75, 3.05) is 45.8 Å². The normalized spacial score (nSPS) is 23.1. The van der Waals surface area contributed by atoms with Gasteiger partial charge in [0, 0.05) is 51.7 Å². The summed E-state index contributed by atoms with van der Waals surface area (Å²) in [6.07, 6.45) is 8.91. The molecule has 1 aromatic heterocycles. The van der Waals surface area contributed by atoms with Crippen LogP contribution in [0.25, 0.3) is 6.08 Å². The van der Waals surface area contributed by atoms with E-state index in [0.29, 0.717) is 10.8 Å². The van der Waals surface area contributed by atoms with Gasteiger partial charge in [-0.1, -0.05) is 42.5 Å². The Morgan fingerprint density at radius 2 is 1.78 bits per heavy atom. The number of piperazine rings is 1. The van der Waals surface area contributed by atoms with Gasteiger partial charge in [0.2, 0.25) is 5.91 Å². The Bertz CT molecular complexity index is 959. The van der Waals surface area contributed by atoms with Crippen molar-refractivity contribution in [2.24, 2.45) is 11.3 Å². The van der Waals surface area contributed by atoms with E-state index >= 15 is 0 Å². The van der Waals surface area contributed by atoms with E-state index in [0.717, 1.165) is 65.1 Å². The Labute approximate surface area is 193 Å². The van der Waals surface area contributed by atoms with Crippen LogP contribution >= 0.6 is 11.3 Å². The van der Waals surface area contributed by atoms with Gasteiger partial charge in [-0.15, -0.1) is 11.3 Å². The van der Waals surface area contributed by atoms with Crippen molar-refractivity contribution in [3.05, 3.63) is 58.6 Å². The zero-order valence-corrected chi connectivity index (χ0v) is 19.2. The van der Waals surface area contributed by atoms with Crippen LogP contribution in [-0.2, 0) is 4.79 Å². The quantitative estimate of drug-likeness (QED) is 0.702. The Morgan fingerprint density at radius 3 is 2.47 bits per heavy atom. The van der Waals surface area contributed by atoms with Crippen LogP contribution in [0, 0.1) is 11.3 Å². The van der Waals surface area contributed by atoms with Crippen LogP contribution < -0.4 is 0 Å².